The molecule has 4 nitrogen and oxygen atoms in total. The number of ether oxygens (including phenoxy) is 1. The average Bonchev–Trinajstić information content (AvgIpc) is 2.50. The van der Waals surface area contributed by atoms with Crippen molar-refractivity contribution in [2.24, 2.45) is 11.7 Å². The first-order valence-corrected chi connectivity index (χ1v) is 8.52. The largest absolute Gasteiger partial charge is 0.493 e. The van der Waals surface area contributed by atoms with Gasteiger partial charge in [-0.2, -0.15) is 0 Å². The molecule has 1 aromatic carbocycles. The molecular formula is C18H29N3O. The van der Waals surface area contributed by atoms with Gasteiger partial charge in [-0.05, 0) is 37.6 Å². The zero-order valence-electron chi connectivity index (χ0n) is 14.1. The smallest absolute Gasteiger partial charge is 0.124 e. The van der Waals surface area contributed by atoms with Gasteiger partial charge in [-0.25, -0.2) is 0 Å². The number of aryl methyl sites for hydroxylation is 2. The van der Waals surface area contributed by atoms with Gasteiger partial charge in [0.15, 0.2) is 0 Å². The molecule has 2 atom stereocenters. The van der Waals surface area contributed by atoms with E-state index >= 15 is 0 Å². The zero-order valence-corrected chi connectivity index (χ0v) is 14.1. The lowest BCUT2D eigenvalue weighted by Gasteiger charge is -2.39. The number of likely N-dealkylation sites (N-methyl/N-ethyl adjacent to an activating group) is 1. The van der Waals surface area contributed by atoms with Crippen LogP contribution in [-0.4, -0.2) is 55.7 Å². The van der Waals surface area contributed by atoms with E-state index < -0.39 is 0 Å². The van der Waals surface area contributed by atoms with Crippen LogP contribution >= 0.6 is 0 Å². The van der Waals surface area contributed by atoms with Gasteiger partial charge in [0, 0.05) is 50.2 Å². The Hall–Kier alpha value is -1.10. The first kappa shape index (κ1) is 15.8. The van der Waals surface area contributed by atoms with E-state index in [9.17, 15) is 0 Å². The first-order chi connectivity index (χ1) is 10.6. The molecule has 22 heavy (non-hydrogen) atoms. The molecule has 2 heterocycles. The Morgan fingerprint density at radius 3 is 2.50 bits per heavy atom. The van der Waals surface area contributed by atoms with Crippen LogP contribution in [0, 0.1) is 19.8 Å². The molecule has 0 aliphatic carbocycles. The van der Waals surface area contributed by atoms with E-state index in [-0.39, 0.29) is 6.04 Å². The van der Waals surface area contributed by atoms with E-state index in [1.54, 1.807) is 0 Å². The lowest BCUT2D eigenvalue weighted by molar-refractivity contribution is 0.0917. The van der Waals surface area contributed by atoms with Crippen molar-refractivity contribution in [1.82, 2.24) is 9.80 Å². The van der Waals surface area contributed by atoms with Crippen molar-refractivity contribution >= 4 is 0 Å². The summed E-state index contributed by atoms with van der Waals surface area (Å²) in [5, 5.41) is 0. The molecule has 0 saturated carbocycles. The topological polar surface area (TPSA) is 41.7 Å². The van der Waals surface area contributed by atoms with E-state index in [0.29, 0.717) is 5.92 Å². The highest BCUT2D eigenvalue weighted by atomic mass is 16.5. The second kappa shape index (κ2) is 6.57. The van der Waals surface area contributed by atoms with Crippen molar-refractivity contribution in [3.63, 3.8) is 0 Å². The maximum atomic E-state index is 6.60. The number of piperazine rings is 1. The van der Waals surface area contributed by atoms with Crippen LogP contribution in [0.3, 0.4) is 0 Å². The fraction of sp³-hybridized carbons (Fsp3) is 0.667. The molecule has 0 amide bonds. The van der Waals surface area contributed by atoms with E-state index in [4.69, 9.17) is 10.5 Å². The van der Waals surface area contributed by atoms with Crippen LogP contribution in [-0.2, 0) is 0 Å². The van der Waals surface area contributed by atoms with E-state index in [0.717, 1.165) is 38.5 Å². The van der Waals surface area contributed by atoms with Crippen LogP contribution in [0.5, 0.6) is 5.75 Å². The van der Waals surface area contributed by atoms with Crippen molar-refractivity contribution in [1.29, 1.82) is 0 Å². The highest BCUT2D eigenvalue weighted by molar-refractivity contribution is 5.46. The number of fused-ring (bicyclic) bond motifs is 1. The van der Waals surface area contributed by atoms with Gasteiger partial charge >= 0.3 is 0 Å². The summed E-state index contributed by atoms with van der Waals surface area (Å²) in [5.41, 5.74) is 10.3. The Morgan fingerprint density at radius 1 is 1.14 bits per heavy atom. The third-order valence-electron chi connectivity index (χ3n) is 5.19. The summed E-state index contributed by atoms with van der Waals surface area (Å²) in [6.45, 7) is 14.1. The van der Waals surface area contributed by atoms with Crippen LogP contribution in [0.4, 0.5) is 0 Å². The average molecular weight is 303 g/mol. The maximum absolute atomic E-state index is 6.60. The van der Waals surface area contributed by atoms with Crippen molar-refractivity contribution in [2.75, 3.05) is 45.9 Å². The summed E-state index contributed by atoms with van der Waals surface area (Å²) in [6.07, 6.45) is 0. The second-order valence-corrected chi connectivity index (χ2v) is 6.83. The van der Waals surface area contributed by atoms with Crippen LogP contribution < -0.4 is 10.5 Å². The third kappa shape index (κ3) is 3.14. The minimum atomic E-state index is 0.0913. The van der Waals surface area contributed by atoms with Gasteiger partial charge in [-0.1, -0.05) is 13.0 Å². The minimum absolute atomic E-state index is 0.0913. The summed E-state index contributed by atoms with van der Waals surface area (Å²) in [5.74, 6) is 1.39. The molecular weight excluding hydrogens is 274 g/mol. The molecule has 1 aromatic rings. The molecule has 0 spiro atoms. The molecule has 2 aliphatic heterocycles. The van der Waals surface area contributed by atoms with Crippen LogP contribution in [0.25, 0.3) is 0 Å². The molecule has 0 aromatic heterocycles. The third-order valence-corrected chi connectivity index (χ3v) is 5.19. The summed E-state index contributed by atoms with van der Waals surface area (Å²) in [4.78, 5) is 5.06. The summed E-state index contributed by atoms with van der Waals surface area (Å²) < 4.78 is 6.03. The fourth-order valence-corrected chi connectivity index (χ4v) is 3.81. The Morgan fingerprint density at radius 2 is 1.82 bits per heavy atom. The van der Waals surface area contributed by atoms with Gasteiger partial charge in [0.25, 0.3) is 0 Å². The van der Waals surface area contributed by atoms with Gasteiger partial charge in [0.1, 0.15) is 5.75 Å². The van der Waals surface area contributed by atoms with Crippen molar-refractivity contribution in [2.45, 2.75) is 26.8 Å². The zero-order chi connectivity index (χ0) is 15.7. The molecule has 2 unspecified atom stereocenters. The Kier molecular flexibility index (Phi) is 4.71. The van der Waals surface area contributed by atoms with E-state index in [1.165, 1.54) is 29.8 Å². The van der Waals surface area contributed by atoms with Crippen LogP contribution in [0.2, 0.25) is 0 Å². The van der Waals surface area contributed by atoms with Gasteiger partial charge < -0.3 is 20.3 Å². The number of nitrogens with two attached hydrogens (primary N) is 1. The summed E-state index contributed by atoms with van der Waals surface area (Å²) in [7, 11) is 0. The van der Waals surface area contributed by atoms with Gasteiger partial charge in [-0.3, -0.25) is 0 Å². The number of hydrogen-bond donors (Lipinski definition) is 1. The lowest BCUT2D eigenvalue weighted by atomic mass is 9.87. The fourth-order valence-electron chi connectivity index (χ4n) is 3.81. The van der Waals surface area contributed by atoms with Gasteiger partial charge in [0.2, 0.25) is 0 Å². The predicted octanol–water partition coefficient (Wildman–Crippen LogP) is 1.95. The Bertz CT molecular complexity index is 523. The predicted molar refractivity (Wildman–Crippen MR) is 90.4 cm³/mol. The number of benzene rings is 1. The molecule has 1 saturated heterocycles. The number of rotatable bonds is 3. The van der Waals surface area contributed by atoms with Gasteiger partial charge in [-0.15, -0.1) is 0 Å². The normalized spacial score (nSPS) is 26.5. The molecule has 2 N–H and O–H groups in total. The number of hydrogen-bond acceptors (Lipinski definition) is 4. The molecule has 1 fully saturated rings. The van der Waals surface area contributed by atoms with Gasteiger partial charge in [0.05, 0.1) is 6.61 Å². The highest BCUT2D eigenvalue weighted by Crippen LogP contribution is 2.37. The van der Waals surface area contributed by atoms with Crippen LogP contribution in [0.15, 0.2) is 12.1 Å². The molecule has 0 bridgehead atoms. The maximum Gasteiger partial charge on any atom is 0.124 e. The molecule has 4 heteroatoms. The monoisotopic (exact) mass is 303 g/mol. The highest BCUT2D eigenvalue weighted by Gasteiger charge is 2.31. The summed E-state index contributed by atoms with van der Waals surface area (Å²) >= 11 is 0. The SMILES string of the molecule is CCN1CCN(CC2COc3cc(C)cc(C)c3C2N)CC1. The van der Waals surface area contributed by atoms with Crippen molar-refractivity contribution in [3.05, 3.63) is 28.8 Å². The Balaban J connectivity index is 1.67. The summed E-state index contributed by atoms with van der Waals surface area (Å²) in [6, 6.07) is 4.43. The number of nitrogens with zero attached hydrogens (tertiary/aromatic N) is 2. The lowest BCUT2D eigenvalue weighted by Crippen LogP contribution is -2.49. The molecule has 3 rings (SSSR count). The molecule has 2 aliphatic rings. The van der Waals surface area contributed by atoms with Crippen molar-refractivity contribution in [3.8, 4) is 5.75 Å². The first-order valence-electron chi connectivity index (χ1n) is 8.52. The minimum Gasteiger partial charge on any atom is -0.493 e. The quantitative estimate of drug-likeness (QED) is 0.927. The molecule has 122 valence electrons. The Labute approximate surface area is 134 Å². The van der Waals surface area contributed by atoms with Crippen LogP contribution in [0.1, 0.15) is 29.7 Å². The van der Waals surface area contributed by atoms with Crippen molar-refractivity contribution < 1.29 is 4.74 Å². The molecule has 0 radical (unpaired) electrons. The second-order valence-electron chi connectivity index (χ2n) is 6.83. The van der Waals surface area contributed by atoms with E-state index in [1.807, 2.05) is 0 Å². The van der Waals surface area contributed by atoms with E-state index in [2.05, 4.69) is 42.7 Å². The standard InChI is InChI=1S/C18H29N3O/c1-4-20-5-7-21(8-6-20)11-15-12-22-16-10-13(2)9-14(3)17(16)18(15)19/h9-10,15,18H,4-8,11-12,19H2,1-3H3.